The minimum Gasteiger partial charge on any atom is -0.459 e. The van der Waals surface area contributed by atoms with Crippen LogP contribution in [0.25, 0.3) is 11.3 Å². The number of hydrogen-bond acceptors (Lipinski definition) is 6. The third-order valence-corrected chi connectivity index (χ3v) is 4.81. The molecule has 0 saturated carbocycles. The van der Waals surface area contributed by atoms with Crippen LogP contribution in [-0.2, 0) is 6.54 Å². The van der Waals surface area contributed by atoms with E-state index in [1.807, 2.05) is 18.3 Å². The fourth-order valence-electron chi connectivity index (χ4n) is 3.49. The van der Waals surface area contributed by atoms with Crippen molar-refractivity contribution in [2.75, 3.05) is 19.6 Å². The number of nitrogens with zero attached hydrogens (tertiary/aromatic N) is 3. The molecule has 0 bridgehead atoms. The zero-order valence-corrected chi connectivity index (χ0v) is 16.0. The maximum absolute atomic E-state index is 11.3. The molecule has 3 heterocycles. The zero-order valence-electron chi connectivity index (χ0n) is 15.2. The minimum atomic E-state index is -0.383. The largest absolute Gasteiger partial charge is 0.459 e. The second kappa shape index (κ2) is 8.97. The Bertz CT molecular complexity index is 932. The minimum absolute atomic E-state index is 0. The van der Waals surface area contributed by atoms with E-state index in [2.05, 4.69) is 21.3 Å². The number of furan rings is 1. The summed E-state index contributed by atoms with van der Waals surface area (Å²) in [6.07, 6.45) is 3.67. The van der Waals surface area contributed by atoms with Crippen LogP contribution >= 0.6 is 12.4 Å². The van der Waals surface area contributed by atoms with Crippen molar-refractivity contribution in [3.8, 4) is 11.3 Å². The number of piperazine rings is 1. The molecular weight excluding hydrogens is 380 g/mol. The normalized spacial score (nSPS) is 17.1. The van der Waals surface area contributed by atoms with E-state index >= 15 is 0 Å². The van der Waals surface area contributed by atoms with E-state index in [1.165, 1.54) is 6.07 Å². The van der Waals surface area contributed by atoms with Gasteiger partial charge in [0, 0.05) is 44.1 Å². The van der Waals surface area contributed by atoms with Crippen LogP contribution in [0.15, 0.2) is 65.3 Å². The first-order valence-corrected chi connectivity index (χ1v) is 8.89. The fourth-order valence-corrected chi connectivity index (χ4v) is 3.49. The van der Waals surface area contributed by atoms with Gasteiger partial charge in [-0.1, -0.05) is 18.2 Å². The highest BCUT2D eigenvalue weighted by molar-refractivity contribution is 5.85. The molecule has 1 aliphatic rings. The smallest absolute Gasteiger partial charge is 0.280 e. The molecule has 0 spiro atoms. The number of nitro benzene ring substituents is 1. The van der Waals surface area contributed by atoms with Gasteiger partial charge in [-0.25, -0.2) is 0 Å². The number of nitro groups is 1. The summed E-state index contributed by atoms with van der Waals surface area (Å²) in [5.74, 6) is 1.31. The highest BCUT2D eigenvalue weighted by Gasteiger charge is 2.25. The van der Waals surface area contributed by atoms with Crippen LogP contribution in [0.3, 0.4) is 0 Å². The van der Waals surface area contributed by atoms with Gasteiger partial charge in [0.1, 0.15) is 11.5 Å². The summed E-state index contributed by atoms with van der Waals surface area (Å²) in [5, 5.41) is 14.7. The summed E-state index contributed by atoms with van der Waals surface area (Å²) >= 11 is 0. The van der Waals surface area contributed by atoms with Gasteiger partial charge in [0.05, 0.1) is 17.0 Å². The van der Waals surface area contributed by atoms with Crippen LogP contribution in [-0.4, -0.2) is 34.4 Å². The van der Waals surface area contributed by atoms with Crippen LogP contribution in [0.1, 0.15) is 17.4 Å². The van der Waals surface area contributed by atoms with Gasteiger partial charge in [0.25, 0.3) is 5.69 Å². The van der Waals surface area contributed by atoms with Crippen molar-refractivity contribution < 1.29 is 9.34 Å². The summed E-state index contributed by atoms with van der Waals surface area (Å²) in [7, 11) is 0. The highest BCUT2D eigenvalue weighted by Crippen LogP contribution is 2.32. The second-order valence-corrected chi connectivity index (χ2v) is 6.52. The average molecular weight is 401 g/mol. The monoisotopic (exact) mass is 400 g/mol. The highest BCUT2D eigenvalue weighted by atomic mass is 35.5. The van der Waals surface area contributed by atoms with E-state index in [4.69, 9.17) is 4.42 Å². The van der Waals surface area contributed by atoms with Crippen molar-refractivity contribution in [2.24, 2.45) is 0 Å². The molecule has 1 fully saturated rings. The first-order chi connectivity index (χ1) is 13.2. The van der Waals surface area contributed by atoms with Crippen molar-refractivity contribution in [1.29, 1.82) is 0 Å². The molecule has 0 radical (unpaired) electrons. The molecule has 4 rings (SSSR count). The molecule has 1 aromatic carbocycles. The van der Waals surface area contributed by atoms with E-state index in [1.54, 1.807) is 30.5 Å². The van der Waals surface area contributed by atoms with Crippen molar-refractivity contribution in [1.82, 2.24) is 15.2 Å². The number of rotatable bonds is 5. The number of pyridine rings is 1. The molecule has 2 aromatic heterocycles. The van der Waals surface area contributed by atoms with Gasteiger partial charge in [0.2, 0.25) is 0 Å². The molecule has 0 aliphatic carbocycles. The summed E-state index contributed by atoms with van der Waals surface area (Å²) in [4.78, 5) is 17.5. The van der Waals surface area contributed by atoms with Gasteiger partial charge in [-0.3, -0.25) is 20.0 Å². The lowest BCUT2D eigenvalue weighted by Crippen LogP contribution is -2.45. The topological polar surface area (TPSA) is 84.4 Å². The fraction of sp³-hybridized carbons (Fsp3) is 0.250. The maximum atomic E-state index is 11.3. The number of hydrogen-bond donors (Lipinski definition) is 1. The molecule has 1 unspecified atom stereocenters. The number of nitrogens with one attached hydrogen (secondary N) is 1. The van der Waals surface area contributed by atoms with Crippen LogP contribution in [0.5, 0.6) is 0 Å². The molecule has 7 nitrogen and oxygen atoms in total. The Hall–Kier alpha value is -2.74. The Morgan fingerprint density at radius 1 is 1.21 bits per heavy atom. The molecule has 1 aliphatic heterocycles. The van der Waals surface area contributed by atoms with E-state index in [0.29, 0.717) is 17.9 Å². The summed E-state index contributed by atoms with van der Waals surface area (Å²) in [6, 6.07) is 14.6. The Kier molecular flexibility index (Phi) is 6.41. The maximum Gasteiger partial charge on any atom is 0.280 e. The van der Waals surface area contributed by atoms with Gasteiger partial charge < -0.3 is 9.73 Å². The van der Waals surface area contributed by atoms with E-state index in [0.717, 1.165) is 31.0 Å². The Labute approximate surface area is 168 Å². The number of benzene rings is 1. The molecule has 1 saturated heterocycles. The first-order valence-electron chi connectivity index (χ1n) is 8.89. The van der Waals surface area contributed by atoms with E-state index in [9.17, 15) is 10.1 Å². The Morgan fingerprint density at radius 3 is 2.86 bits per heavy atom. The summed E-state index contributed by atoms with van der Waals surface area (Å²) in [5.41, 5.74) is 1.71. The molecule has 146 valence electrons. The Balaban J connectivity index is 0.00000225. The van der Waals surface area contributed by atoms with E-state index in [-0.39, 0.29) is 29.1 Å². The average Bonchev–Trinajstić information content (AvgIpc) is 3.17. The predicted octanol–water partition coefficient (Wildman–Crippen LogP) is 3.82. The molecule has 3 aromatic rings. The number of aromatic nitrogens is 1. The van der Waals surface area contributed by atoms with Crippen LogP contribution < -0.4 is 5.32 Å². The van der Waals surface area contributed by atoms with Crippen LogP contribution in [0.2, 0.25) is 0 Å². The van der Waals surface area contributed by atoms with Gasteiger partial charge in [-0.2, -0.15) is 0 Å². The molecular formula is C20H21ClN4O3. The lowest BCUT2D eigenvalue weighted by atomic mass is 10.1. The zero-order chi connectivity index (χ0) is 18.6. The summed E-state index contributed by atoms with van der Waals surface area (Å²) in [6.45, 7) is 3.29. The number of para-hydroxylation sites is 1. The standard InChI is InChI=1S/C20H20N4O3.ClH/c25-24(26)18-6-2-1-5-17(18)20-8-7-16(27-20)14-23-11-10-22-13-19(23)15-4-3-9-21-12-15;/h1-9,12,19,22H,10-11,13-14H2;1H. The van der Waals surface area contributed by atoms with Gasteiger partial charge in [-0.15, -0.1) is 12.4 Å². The lowest BCUT2D eigenvalue weighted by Gasteiger charge is -2.35. The van der Waals surface area contributed by atoms with Gasteiger partial charge in [-0.05, 0) is 29.8 Å². The van der Waals surface area contributed by atoms with Crippen LogP contribution in [0.4, 0.5) is 5.69 Å². The molecule has 1 atom stereocenters. The van der Waals surface area contributed by atoms with Crippen molar-refractivity contribution >= 4 is 18.1 Å². The molecule has 8 heteroatoms. The van der Waals surface area contributed by atoms with Gasteiger partial charge in [0.15, 0.2) is 0 Å². The molecule has 28 heavy (non-hydrogen) atoms. The first kappa shape index (κ1) is 20.0. The lowest BCUT2D eigenvalue weighted by molar-refractivity contribution is -0.384. The Morgan fingerprint density at radius 2 is 2.07 bits per heavy atom. The molecule has 1 N–H and O–H groups in total. The third kappa shape index (κ3) is 4.22. The quantitative estimate of drug-likeness (QED) is 0.517. The van der Waals surface area contributed by atoms with Crippen molar-refractivity contribution in [3.05, 3.63) is 82.4 Å². The third-order valence-electron chi connectivity index (χ3n) is 4.81. The van der Waals surface area contributed by atoms with Crippen molar-refractivity contribution in [2.45, 2.75) is 12.6 Å². The van der Waals surface area contributed by atoms with Crippen molar-refractivity contribution in [3.63, 3.8) is 0 Å². The second-order valence-electron chi connectivity index (χ2n) is 6.52. The van der Waals surface area contributed by atoms with Gasteiger partial charge >= 0.3 is 0 Å². The SMILES string of the molecule is Cl.O=[N+]([O-])c1ccccc1-c1ccc(CN2CCNCC2c2cccnc2)o1. The number of halogens is 1. The van der Waals surface area contributed by atoms with Crippen LogP contribution in [0, 0.1) is 10.1 Å². The van der Waals surface area contributed by atoms with E-state index < -0.39 is 0 Å². The summed E-state index contributed by atoms with van der Waals surface area (Å²) < 4.78 is 5.97. The predicted molar refractivity (Wildman–Crippen MR) is 108 cm³/mol. The molecule has 0 amide bonds.